The zero-order chi connectivity index (χ0) is 19.1. The lowest BCUT2D eigenvalue weighted by Gasteiger charge is -2.18. The number of fused-ring (bicyclic) bond motifs is 1. The number of hydrogen-bond donors (Lipinski definition) is 0. The lowest BCUT2D eigenvalue weighted by molar-refractivity contribution is -0.140. The maximum Gasteiger partial charge on any atom is 0.334 e. The summed E-state index contributed by atoms with van der Waals surface area (Å²) in [6.45, 7) is 9.92. The highest BCUT2D eigenvalue weighted by atomic mass is 16.6. The van der Waals surface area contributed by atoms with Crippen molar-refractivity contribution in [2.75, 3.05) is 6.61 Å². The molecule has 26 heavy (non-hydrogen) atoms. The second-order valence-electron chi connectivity index (χ2n) is 7.34. The van der Waals surface area contributed by atoms with Gasteiger partial charge in [-0.25, -0.2) is 4.79 Å². The van der Waals surface area contributed by atoms with Crippen LogP contribution >= 0.6 is 0 Å². The van der Waals surface area contributed by atoms with Gasteiger partial charge >= 0.3 is 11.9 Å². The molecule has 4 heteroatoms. The Morgan fingerprint density at radius 2 is 1.88 bits per heavy atom. The summed E-state index contributed by atoms with van der Waals surface area (Å²) in [5.41, 5.74) is 4.25. The Balaban J connectivity index is 2.22. The van der Waals surface area contributed by atoms with Gasteiger partial charge in [0.15, 0.2) is 0 Å². The van der Waals surface area contributed by atoms with Gasteiger partial charge in [0, 0.05) is 24.8 Å². The summed E-state index contributed by atoms with van der Waals surface area (Å²) in [5, 5.41) is 0. The Labute approximate surface area is 156 Å². The van der Waals surface area contributed by atoms with Gasteiger partial charge in [0.25, 0.3) is 0 Å². The van der Waals surface area contributed by atoms with Crippen molar-refractivity contribution in [1.29, 1.82) is 0 Å². The molecule has 0 aromatic heterocycles. The fraction of sp³-hybridized carbons (Fsp3) is 0.545. The van der Waals surface area contributed by atoms with Crippen LogP contribution in [0.3, 0.4) is 0 Å². The van der Waals surface area contributed by atoms with Gasteiger partial charge in [-0.1, -0.05) is 36.0 Å². The summed E-state index contributed by atoms with van der Waals surface area (Å²) < 4.78 is 10.8. The van der Waals surface area contributed by atoms with E-state index in [1.54, 1.807) is 0 Å². The first-order valence-electron chi connectivity index (χ1n) is 9.39. The molecule has 0 aromatic carbocycles. The molecular weight excluding hydrogens is 328 g/mol. The number of carbonyl (C=O) groups is 2. The molecule has 0 unspecified atom stereocenters. The van der Waals surface area contributed by atoms with E-state index in [1.165, 1.54) is 18.1 Å². The maximum atomic E-state index is 12.0. The van der Waals surface area contributed by atoms with Crippen LogP contribution in [-0.2, 0) is 19.1 Å². The quantitative estimate of drug-likeness (QED) is 0.403. The Bertz CT molecular complexity index is 651. The molecule has 0 bridgehead atoms. The molecule has 0 amide bonds. The van der Waals surface area contributed by atoms with Crippen molar-refractivity contribution in [1.82, 2.24) is 0 Å². The van der Waals surface area contributed by atoms with E-state index < -0.39 is 0 Å². The number of ether oxygens (including phenoxy) is 2. The average Bonchev–Trinajstić information content (AvgIpc) is 2.83. The molecule has 0 N–H and O–H groups in total. The van der Waals surface area contributed by atoms with Gasteiger partial charge in [-0.2, -0.15) is 0 Å². The van der Waals surface area contributed by atoms with Crippen molar-refractivity contribution in [3.05, 3.63) is 47.1 Å². The zero-order valence-corrected chi connectivity index (χ0v) is 16.2. The van der Waals surface area contributed by atoms with E-state index in [0.29, 0.717) is 18.6 Å². The van der Waals surface area contributed by atoms with E-state index in [2.05, 4.69) is 38.7 Å². The molecule has 2 rings (SSSR count). The second kappa shape index (κ2) is 9.56. The van der Waals surface area contributed by atoms with Crippen molar-refractivity contribution in [3.8, 4) is 0 Å². The molecule has 1 aliphatic carbocycles. The lowest BCUT2D eigenvalue weighted by Crippen LogP contribution is -2.17. The van der Waals surface area contributed by atoms with E-state index in [0.717, 1.165) is 37.7 Å². The third kappa shape index (κ3) is 6.01. The van der Waals surface area contributed by atoms with Crippen LogP contribution < -0.4 is 0 Å². The molecule has 4 nitrogen and oxygen atoms in total. The highest BCUT2D eigenvalue weighted by Gasteiger charge is 2.37. The Morgan fingerprint density at radius 3 is 2.62 bits per heavy atom. The van der Waals surface area contributed by atoms with E-state index in [9.17, 15) is 9.59 Å². The molecule has 0 spiro atoms. The normalized spacial score (nSPS) is 31.3. The standard InChI is InChI=1S/C22H30O4/c1-15-7-5-9-16(2)13-21-20(17(3)22(24)26-21)12-11-19(10-6-8-15)14-25-18(4)23/h8-9,11,20-21H,3,5-7,10,12-14H2,1-2,4H3/b15-8+,16-9+,19-11-/t20-,21+/m1/s1. The largest absolute Gasteiger partial charge is 0.461 e. The number of rotatable bonds is 2. The minimum atomic E-state index is -0.287. The minimum absolute atomic E-state index is 0.0154. The summed E-state index contributed by atoms with van der Waals surface area (Å²) in [5.74, 6) is -0.581. The van der Waals surface area contributed by atoms with Crippen molar-refractivity contribution >= 4 is 11.9 Å². The predicted molar refractivity (Wildman–Crippen MR) is 102 cm³/mol. The van der Waals surface area contributed by atoms with Crippen molar-refractivity contribution in [2.45, 2.75) is 65.4 Å². The van der Waals surface area contributed by atoms with Crippen LogP contribution in [0.25, 0.3) is 0 Å². The van der Waals surface area contributed by atoms with Crippen molar-refractivity contribution < 1.29 is 19.1 Å². The Kier molecular flexibility index (Phi) is 7.43. The molecule has 0 aromatic rings. The molecule has 1 fully saturated rings. The molecule has 1 aliphatic heterocycles. The number of allylic oxidation sites excluding steroid dienone is 4. The maximum absolute atomic E-state index is 12.0. The molecule has 2 atom stereocenters. The SMILES string of the molecule is C=C1C(=O)O[C@H]2C/C(C)=C/CC/C(C)=C/CC/C(COC(C)=O)=C/C[C@H]12. The predicted octanol–water partition coefficient (Wildman–Crippen LogP) is 4.82. The molecular formula is C22H30O4. The monoisotopic (exact) mass is 358 g/mol. The van der Waals surface area contributed by atoms with E-state index >= 15 is 0 Å². The first kappa shape index (κ1) is 20.2. The van der Waals surface area contributed by atoms with Crippen LogP contribution in [0.15, 0.2) is 47.1 Å². The molecule has 142 valence electrons. The number of hydrogen-bond acceptors (Lipinski definition) is 4. The van der Waals surface area contributed by atoms with Crippen LogP contribution in [0.1, 0.15) is 59.3 Å². The third-order valence-corrected chi connectivity index (χ3v) is 5.05. The fourth-order valence-corrected chi connectivity index (χ4v) is 3.42. The molecule has 2 aliphatic rings. The van der Waals surface area contributed by atoms with Gasteiger partial charge in [-0.05, 0) is 51.5 Å². The van der Waals surface area contributed by atoms with Gasteiger partial charge in [-0.15, -0.1) is 0 Å². The Hall–Kier alpha value is -2.10. The van der Waals surface area contributed by atoms with Crippen LogP contribution in [0.5, 0.6) is 0 Å². The summed E-state index contributed by atoms with van der Waals surface area (Å²) in [4.78, 5) is 23.2. The van der Waals surface area contributed by atoms with Gasteiger partial charge in [0.1, 0.15) is 12.7 Å². The summed E-state index contributed by atoms with van der Waals surface area (Å²) >= 11 is 0. The van der Waals surface area contributed by atoms with Crippen LogP contribution in [0.2, 0.25) is 0 Å². The summed E-state index contributed by atoms with van der Waals surface area (Å²) in [7, 11) is 0. The minimum Gasteiger partial charge on any atom is -0.461 e. The van der Waals surface area contributed by atoms with Crippen LogP contribution in [0, 0.1) is 5.92 Å². The number of esters is 2. The first-order valence-corrected chi connectivity index (χ1v) is 9.39. The van der Waals surface area contributed by atoms with E-state index in [-0.39, 0.29) is 24.0 Å². The van der Waals surface area contributed by atoms with E-state index in [4.69, 9.17) is 9.47 Å². The van der Waals surface area contributed by atoms with Gasteiger partial charge < -0.3 is 9.47 Å². The highest BCUT2D eigenvalue weighted by molar-refractivity contribution is 5.90. The topological polar surface area (TPSA) is 52.6 Å². The van der Waals surface area contributed by atoms with Gasteiger partial charge in [0.2, 0.25) is 0 Å². The molecule has 0 radical (unpaired) electrons. The smallest absolute Gasteiger partial charge is 0.334 e. The van der Waals surface area contributed by atoms with Crippen LogP contribution in [-0.4, -0.2) is 24.6 Å². The molecule has 1 saturated heterocycles. The van der Waals surface area contributed by atoms with Crippen molar-refractivity contribution in [3.63, 3.8) is 0 Å². The highest BCUT2D eigenvalue weighted by Crippen LogP contribution is 2.34. The van der Waals surface area contributed by atoms with E-state index in [1.807, 2.05) is 0 Å². The van der Waals surface area contributed by atoms with Gasteiger partial charge in [0.05, 0.1) is 0 Å². The third-order valence-electron chi connectivity index (χ3n) is 5.05. The zero-order valence-electron chi connectivity index (χ0n) is 16.2. The summed E-state index contributed by atoms with van der Waals surface area (Å²) in [6.07, 6.45) is 11.7. The fourth-order valence-electron chi connectivity index (χ4n) is 3.42. The lowest BCUT2D eigenvalue weighted by atomic mass is 9.88. The first-order chi connectivity index (χ1) is 12.4. The van der Waals surface area contributed by atoms with Gasteiger partial charge in [-0.3, -0.25) is 4.79 Å². The molecule has 1 heterocycles. The Morgan fingerprint density at radius 1 is 1.19 bits per heavy atom. The average molecular weight is 358 g/mol. The van der Waals surface area contributed by atoms with Crippen molar-refractivity contribution in [2.24, 2.45) is 5.92 Å². The number of carbonyl (C=O) groups excluding carboxylic acids is 2. The second-order valence-corrected chi connectivity index (χ2v) is 7.34. The summed E-state index contributed by atoms with van der Waals surface area (Å²) in [6, 6.07) is 0. The van der Waals surface area contributed by atoms with Crippen LogP contribution in [0.4, 0.5) is 0 Å². The molecule has 0 saturated carbocycles.